The number of anilines is 1. The minimum atomic E-state index is -0.948. The maximum atomic E-state index is 12.4. The van der Waals surface area contributed by atoms with Gasteiger partial charge in [0.05, 0.1) is 5.56 Å². The second-order valence-electron chi connectivity index (χ2n) is 8.07. The van der Waals surface area contributed by atoms with E-state index in [1.165, 1.54) is 16.9 Å². The molecule has 0 bridgehead atoms. The van der Waals surface area contributed by atoms with E-state index in [0.717, 1.165) is 41.7 Å². The molecule has 5 heteroatoms. The number of hydrogen-bond donors (Lipinski definition) is 2. The van der Waals surface area contributed by atoms with Gasteiger partial charge in [0.25, 0.3) is 0 Å². The summed E-state index contributed by atoms with van der Waals surface area (Å²) in [5.41, 5.74) is 3.71. The Balaban J connectivity index is 1.70. The minimum Gasteiger partial charge on any atom is -0.478 e. The van der Waals surface area contributed by atoms with Crippen LogP contribution in [0.15, 0.2) is 24.3 Å². The quantitative estimate of drug-likeness (QED) is 0.727. The number of carboxylic acid groups (broad SMARTS) is 1. The summed E-state index contributed by atoms with van der Waals surface area (Å²) >= 11 is 1.43. The van der Waals surface area contributed by atoms with Crippen LogP contribution >= 0.6 is 11.3 Å². The Hall–Kier alpha value is -2.14. The predicted molar refractivity (Wildman–Crippen MR) is 110 cm³/mol. The van der Waals surface area contributed by atoms with E-state index in [2.05, 4.69) is 50.4 Å². The van der Waals surface area contributed by atoms with E-state index in [4.69, 9.17) is 0 Å². The molecular formula is C22H27NO3S. The molecule has 0 atom stereocenters. The molecule has 0 unspecified atom stereocenters. The van der Waals surface area contributed by atoms with Crippen molar-refractivity contribution in [3.63, 3.8) is 0 Å². The number of aryl methyl sites for hydroxylation is 3. The number of rotatable bonds is 6. The predicted octanol–water partition coefficient (Wildman–Crippen LogP) is 5.09. The third kappa shape index (κ3) is 4.59. The maximum Gasteiger partial charge on any atom is 0.339 e. The van der Waals surface area contributed by atoms with Gasteiger partial charge in [-0.1, -0.05) is 45.0 Å². The fourth-order valence-electron chi connectivity index (χ4n) is 3.62. The van der Waals surface area contributed by atoms with Gasteiger partial charge in [-0.15, -0.1) is 11.3 Å². The third-order valence-electron chi connectivity index (χ3n) is 5.31. The van der Waals surface area contributed by atoms with Crippen molar-refractivity contribution in [2.75, 3.05) is 5.32 Å². The molecule has 0 saturated carbocycles. The first-order valence-electron chi connectivity index (χ1n) is 9.54. The number of amides is 1. The number of carbonyl (C=O) groups excluding carboxylic acids is 1. The van der Waals surface area contributed by atoms with Gasteiger partial charge >= 0.3 is 5.97 Å². The number of carbonyl (C=O) groups is 2. The van der Waals surface area contributed by atoms with Gasteiger partial charge in [-0.05, 0) is 54.2 Å². The van der Waals surface area contributed by atoms with Crippen LogP contribution < -0.4 is 5.32 Å². The lowest BCUT2D eigenvalue weighted by Crippen LogP contribution is -2.22. The van der Waals surface area contributed by atoms with Crippen molar-refractivity contribution in [2.24, 2.45) is 5.41 Å². The van der Waals surface area contributed by atoms with Gasteiger partial charge in [-0.25, -0.2) is 4.79 Å². The van der Waals surface area contributed by atoms with Gasteiger partial charge in [-0.2, -0.15) is 0 Å². The summed E-state index contributed by atoms with van der Waals surface area (Å²) in [5, 5.41) is 13.1. The largest absolute Gasteiger partial charge is 0.478 e. The van der Waals surface area contributed by atoms with E-state index in [-0.39, 0.29) is 11.3 Å². The van der Waals surface area contributed by atoms with Crippen LogP contribution in [0.4, 0.5) is 5.00 Å². The molecule has 0 aliphatic heterocycles. The Labute approximate surface area is 164 Å². The Morgan fingerprint density at radius 1 is 1.19 bits per heavy atom. The number of benzene rings is 1. The molecule has 1 heterocycles. The minimum absolute atomic E-state index is 0.101. The molecule has 4 nitrogen and oxygen atoms in total. The van der Waals surface area contributed by atoms with Crippen LogP contribution in [-0.4, -0.2) is 17.0 Å². The fourth-order valence-corrected chi connectivity index (χ4v) is 4.85. The Morgan fingerprint density at radius 2 is 1.85 bits per heavy atom. The highest BCUT2D eigenvalue weighted by molar-refractivity contribution is 7.17. The molecule has 0 radical (unpaired) electrons. The second kappa shape index (κ2) is 7.85. The highest BCUT2D eigenvalue weighted by Crippen LogP contribution is 2.43. The van der Waals surface area contributed by atoms with Crippen molar-refractivity contribution in [2.45, 2.75) is 59.3 Å². The Kier molecular flexibility index (Phi) is 5.70. The molecule has 1 aromatic heterocycles. The molecule has 144 valence electrons. The number of thiophene rings is 1. The summed E-state index contributed by atoms with van der Waals surface area (Å²) in [6.07, 6.45) is 4.67. The van der Waals surface area contributed by atoms with Crippen molar-refractivity contribution < 1.29 is 14.7 Å². The van der Waals surface area contributed by atoms with E-state index in [1.54, 1.807) is 0 Å². The van der Waals surface area contributed by atoms with Crippen LogP contribution in [0.3, 0.4) is 0 Å². The summed E-state index contributed by atoms with van der Waals surface area (Å²) in [7, 11) is 0. The monoisotopic (exact) mass is 385 g/mol. The van der Waals surface area contributed by atoms with Crippen LogP contribution in [0, 0.1) is 5.41 Å². The molecule has 0 fully saturated rings. The van der Waals surface area contributed by atoms with Crippen molar-refractivity contribution in [1.29, 1.82) is 0 Å². The van der Waals surface area contributed by atoms with Crippen LogP contribution in [-0.2, 0) is 30.5 Å². The summed E-state index contributed by atoms with van der Waals surface area (Å²) in [6.45, 7) is 6.45. The van der Waals surface area contributed by atoms with Crippen molar-refractivity contribution in [1.82, 2.24) is 0 Å². The van der Waals surface area contributed by atoms with Crippen molar-refractivity contribution in [3.05, 3.63) is 51.4 Å². The van der Waals surface area contributed by atoms with E-state index < -0.39 is 5.97 Å². The second-order valence-corrected chi connectivity index (χ2v) is 9.18. The Morgan fingerprint density at radius 3 is 2.48 bits per heavy atom. The molecule has 1 amide bonds. The Bertz CT molecular complexity index is 849. The SMILES string of the molecule is CCc1ccc(CCC(=O)Nc2sc3c(c2C(=O)O)CC(C)(C)CC3)cc1. The zero-order chi connectivity index (χ0) is 19.6. The van der Waals surface area contributed by atoms with Crippen molar-refractivity contribution in [3.8, 4) is 0 Å². The number of carboxylic acids is 1. The molecule has 0 spiro atoms. The maximum absolute atomic E-state index is 12.4. The average Bonchev–Trinajstić information content (AvgIpc) is 2.96. The average molecular weight is 386 g/mol. The van der Waals surface area contributed by atoms with E-state index in [0.29, 0.717) is 23.4 Å². The molecular weight excluding hydrogens is 358 g/mol. The highest BCUT2D eigenvalue weighted by Gasteiger charge is 2.33. The lowest BCUT2D eigenvalue weighted by Gasteiger charge is -2.29. The number of fused-ring (bicyclic) bond motifs is 1. The molecule has 1 aliphatic rings. The standard InChI is InChI=1S/C22H27NO3S/c1-4-14-5-7-15(8-6-14)9-10-18(24)23-20-19(21(25)26)16-13-22(2,3)12-11-17(16)27-20/h5-8H,4,9-13H2,1-3H3,(H,23,24)(H,25,26). The molecule has 1 aliphatic carbocycles. The number of aromatic carboxylic acids is 1. The number of nitrogens with one attached hydrogen (secondary N) is 1. The molecule has 27 heavy (non-hydrogen) atoms. The van der Waals surface area contributed by atoms with E-state index in [9.17, 15) is 14.7 Å². The first-order chi connectivity index (χ1) is 12.8. The lowest BCUT2D eigenvalue weighted by atomic mass is 9.76. The van der Waals surface area contributed by atoms with E-state index in [1.807, 2.05) is 0 Å². The normalized spacial score (nSPS) is 15.2. The first kappa shape index (κ1) is 19.6. The number of hydrogen-bond acceptors (Lipinski definition) is 3. The van der Waals surface area contributed by atoms with Crippen LogP contribution in [0.1, 0.15) is 65.5 Å². The molecule has 2 aromatic rings. The fraction of sp³-hybridized carbons (Fsp3) is 0.455. The van der Waals surface area contributed by atoms with Gasteiger partial charge < -0.3 is 10.4 Å². The molecule has 1 aromatic carbocycles. The zero-order valence-corrected chi connectivity index (χ0v) is 17.0. The van der Waals surface area contributed by atoms with Crippen LogP contribution in [0.5, 0.6) is 0 Å². The molecule has 3 rings (SSSR count). The lowest BCUT2D eigenvalue weighted by molar-refractivity contribution is -0.116. The van der Waals surface area contributed by atoms with Gasteiger partial charge in [0.2, 0.25) is 5.91 Å². The zero-order valence-electron chi connectivity index (χ0n) is 16.2. The van der Waals surface area contributed by atoms with Gasteiger partial charge in [0, 0.05) is 11.3 Å². The summed E-state index contributed by atoms with van der Waals surface area (Å²) in [5.74, 6) is -1.08. The van der Waals surface area contributed by atoms with Gasteiger partial charge in [-0.3, -0.25) is 4.79 Å². The van der Waals surface area contributed by atoms with Crippen LogP contribution in [0.25, 0.3) is 0 Å². The first-order valence-corrected chi connectivity index (χ1v) is 10.4. The van der Waals surface area contributed by atoms with Crippen molar-refractivity contribution >= 4 is 28.2 Å². The molecule has 2 N–H and O–H groups in total. The molecule has 0 saturated heterocycles. The topological polar surface area (TPSA) is 66.4 Å². The highest BCUT2D eigenvalue weighted by atomic mass is 32.1. The summed E-state index contributed by atoms with van der Waals surface area (Å²) < 4.78 is 0. The van der Waals surface area contributed by atoms with Gasteiger partial charge in [0.15, 0.2) is 0 Å². The third-order valence-corrected chi connectivity index (χ3v) is 6.52. The van der Waals surface area contributed by atoms with Crippen LogP contribution in [0.2, 0.25) is 0 Å². The summed E-state index contributed by atoms with van der Waals surface area (Å²) in [4.78, 5) is 25.4. The smallest absolute Gasteiger partial charge is 0.339 e. The van der Waals surface area contributed by atoms with E-state index >= 15 is 0 Å². The summed E-state index contributed by atoms with van der Waals surface area (Å²) in [6, 6.07) is 8.29. The van der Waals surface area contributed by atoms with Gasteiger partial charge in [0.1, 0.15) is 5.00 Å².